The van der Waals surface area contributed by atoms with Crippen LogP contribution < -0.4 is 10.9 Å². The number of halogens is 4. The van der Waals surface area contributed by atoms with E-state index in [1.54, 1.807) is 19.0 Å². The van der Waals surface area contributed by atoms with Gasteiger partial charge in [-0.3, -0.25) is 14.4 Å². The maximum Gasteiger partial charge on any atom is 0.416 e. The highest BCUT2D eigenvalue weighted by molar-refractivity contribution is 5.82. The number of carboxylic acid groups (broad SMARTS) is 1. The summed E-state index contributed by atoms with van der Waals surface area (Å²) in [6.07, 6.45) is -1.50. The molecule has 0 bridgehead atoms. The molecule has 2 atom stereocenters. The lowest BCUT2D eigenvalue weighted by molar-refractivity contribution is -0.139. The zero-order valence-electron chi connectivity index (χ0n) is 27.7. The minimum Gasteiger partial charge on any atom is -0.481 e. The van der Waals surface area contributed by atoms with Gasteiger partial charge < -0.3 is 19.9 Å². The van der Waals surface area contributed by atoms with Crippen LogP contribution in [-0.4, -0.2) is 47.1 Å². The molecule has 2 aromatic carbocycles. The van der Waals surface area contributed by atoms with Gasteiger partial charge in [0.05, 0.1) is 18.0 Å². The molecule has 1 amide bonds. The summed E-state index contributed by atoms with van der Waals surface area (Å²) in [5, 5.41) is 12.7. The van der Waals surface area contributed by atoms with E-state index in [4.69, 9.17) is 0 Å². The molecule has 254 valence electrons. The summed E-state index contributed by atoms with van der Waals surface area (Å²) in [6.45, 7) is 7.59. The molecule has 4 rings (SSSR count). The molecule has 0 saturated carbocycles. The van der Waals surface area contributed by atoms with Gasteiger partial charge in [0.1, 0.15) is 11.9 Å². The number of rotatable bonds is 12. The van der Waals surface area contributed by atoms with E-state index in [9.17, 15) is 37.1 Å². The molecule has 0 aliphatic heterocycles. The highest BCUT2D eigenvalue weighted by atomic mass is 19.4. The number of aryl methyl sites for hydroxylation is 3. The molecule has 0 radical (unpaired) electrons. The van der Waals surface area contributed by atoms with Gasteiger partial charge in [-0.25, -0.2) is 4.39 Å². The number of fused-ring (bicyclic) bond motifs is 1. The van der Waals surface area contributed by atoms with Gasteiger partial charge >= 0.3 is 12.1 Å². The number of carbonyl (C=O) groups is 2. The first-order valence-electron chi connectivity index (χ1n) is 15.9. The van der Waals surface area contributed by atoms with E-state index in [0.29, 0.717) is 11.6 Å². The number of hydrogen-bond acceptors (Lipinski definition) is 4. The average molecular weight is 658 g/mol. The van der Waals surface area contributed by atoms with Crippen LogP contribution in [0.3, 0.4) is 0 Å². The summed E-state index contributed by atoms with van der Waals surface area (Å²) in [7, 11) is 3.45. The van der Waals surface area contributed by atoms with Crippen molar-refractivity contribution in [2.45, 2.75) is 84.5 Å². The van der Waals surface area contributed by atoms with Crippen molar-refractivity contribution in [2.75, 3.05) is 20.6 Å². The zero-order chi connectivity index (χ0) is 34.8. The Morgan fingerprint density at radius 3 is 2.28 bits per heavy atom. The van der Waals surface area contributed by atoms with Gasteiger partial charge in [0.2, 0.25) is 5.91 Å². The second kappa shape index (κ2) is 14.4. The number of aromatic nitrogens is 1. The maximum atomic E-state index is 14.2. The first-order chi connectivity index (χ1) is 22.0. The van der Waals surface area contributed by atoms with E-state index < -0.39 is 47.7 Å². The number of alkyl halides is 3. The number of nitrogens with one attached hydrogen (secondary N) is 1. The van der Waals surface area contributed by atoms with Gasteiger partial charge in [0.15, 0.2) is 0 Å². The molecule has 2 N–H and O–H groups in total. The molecule has 47 heavy (non-hydrogen) atoms. The topological polar surface area (TPSA) is 91.6 Å². The van der Waals surface area contributed by atoms with Gasteiger partial charge in [-0.2, -0.15) is 13.2 Å². The van der Waals surface area contributed by atoms with E-state index >= 15 is 0 Å². The lowest BCUT2D eigenvalue weighted by Gasteiger charge is -2.27. The Morgan fingerprint density at radius 1 is 1.04 bits per heavy atom. The van der Waals surface area contributed by atoms with E-state index in [1.165, 1.54) is 12.1 Å². The molecule has 1 heterocycles. The lowest BCUT2D eigenvalue weighted by atomic mass is 9.87. The minimum absolute atomic E-state index is 0.0000976. The molecule has 1 aliphatic carbocycles. The second-order valence-corrected chi connectivity index (χ2v) is 13.3. The molecule has 0 spiro atoms. The fourth-order valence-corrected chi connectivity index (χ4v) is 6.62. The van der Waals surface area contributed by atoms with Crippen LogP contribution in [0.5, 0.6) is 0 Å². The molecule has 0 saturated heterocycles. The van der Waals surface area contributed by atoms with E-state index in [0.717, 1.165) is 63.4 Å². The number of amides is 1. The van der Waals surface area contributed by atoms with Gasteiger partial charge in [-0.15, -0.1) is 0 Å². The van der Waals surface area contributed by atoms with Crippen molar-refractivity contribution in [1.82, 2.24) is 14.8 Å². The number of aliphatic carboxylic acids is 1. The third-order valence-electron chi connectivity index (χ3n) is 8.73. The Labute approximate surface area is 272 Å². The molecular weight excluding hydrogens is 614 g/mol. The normalized spacial score (nSPS) is 14.4. The smallest absolute Gasteiger partial charge is 0.416 e. The monoisotopic (exact) mass is 657 g/mol. The number of nitrogens with zero attached hydrogens (tertiary/aromatic N) is 2. The molecule has 3 aromatic rings. The Kier molecular flexibility index (Phi) is 11.0. The molecule has 1 aromatic heterocycles. The molecule has 1 aliphatic rings. The quantitative estimate of drug-likeness (QED) is 0.209. The standard InChI is InChI=1S/C36H43F4N3O4/c1-20(2)12-31(43-19-24(10-11-42(5)6)29(17-32(43)44)36(38,39)40)35(47)41-30(18-33(45)46)25-15-23-8-7-9-27(23)28(16-25)34-21(3)13-26(37)14-22(34)4/h13-17,19-20,30-31H,7-12,18H2,1-6H3,(H,41,47)(H,45,46)/t30-,31-/m0/s1. The van der Waals surface area contributed by atoms with Crippen molar-refractivity contribution < 1.29 is 32.3 Å². The van der Waals surface area contributed by atoms with Crippen LogP contribution in [0.1, 0.15) is 84.1 Å². The highest BCUT2D eigenvalue weighted by Crippen LogP contribution is 2.39. The zero-order valence-corrected chi connectivity index (χ0v) is 27.7. The number of pyridine rings is 1. The van der Waals surface area contributed by atoms with Gasteiger partial charge in [0.25, 0.3) is 5.56 Å². The number of carbonyl (C=O) groups excluding carboxylic acids is 1. The van der Waals surface area contributed by atoms with Crippen molar-refractivity contribution in [2.24, 2.45) is 5.92 Å². The van der Waals surface area contributed by atoms with E-state index in [-0.39, 0.29) is 36.7 Å². The van der Waals surface area contributed by atoms with Crippen molar-refractivity contribution in [3.63, 3.8) is 0 Å². The van der Waals surface area contributed by atoms with Crippen LogP contribution in [0, 0.1) is 25.6 Å². The van der Waals surface area contributed by atoms with Crippen molar-refractivity contribution >= 4 is 11.9 Å². The van der Waals surface area contributed by atoms with E-state index in [1.807, 2.05) is 39.8 Å². The van der Waals surface area contributed by atoms with Crippen LogP contribution >= 0.6 is 0 Å². The molecule has 11 heteroatoms. The van der Waals surface area contributed by atoms with Crippen molar-refractivity contribution in [1.29, 1.82) is 0 Å². The van der Waals surface area contributed by atoms with Gasteiger partial charge in [-0.1, -0.05) is 19.9 Å². The maximum absolute atomic E-state index is 14.2. The Hall–Kier alpha value is -3.99. The van der Waals surface area contributed by atoms with Crippen molar-refractivity contribution in [3.05, 3.63) is 91.6 Å². The fraction of sp³-hybridized carbons (Fsp3) is 0.472. The van der Waals surface area contributed by atoms with Gasteiger partial charge in [0, 0.05) is 18.8 Å². The number of benzene rings is 2. The largest absolute Gasteiger partial charge is 0.481 e. The molecule has 0 fully saturated rings. The fourth-order valence-electron chi connectivity index (χ4n) is 6.62. The Bertz CT molecular complexity index is 1690. The Morgan fingerprint density at radius 2 is 1.70 bits per heavy atom. The third-order valence-corrected chi connectivity index (χ3v) is 8.73. The third kappa shape index (κ3) is 8.49. The van der Waals surface area contributed by atoms with Gasteiger partial charge in [-0.05, 0) is 129 Å². The lowest BCUT2D eigenvalue weighted by Crippen LogP contribution is -2.40. The summed E-state index contributed by atoms with van der Waals surface area (Å²) in [5.41, 5.74) is 3.74. The summed E-state index contributed by atoms with van der Waals surface area (Å²) < 4.78 is 57.1. The van der Waals surface area contributed by atoms with Crippen molar-refractivity contribution in [3.8, 4) is 11.1 Å². The van der Waals surface area contributed by atoms with E-state index in [2.05, 4.69) is 5.32 Å². The summed E-state index contributed by atoms with van der Waals surface area (Å²) >= 11 is 0. The average Bonchev–Trinajstić information content (AvgIpc) is 3.42. The number of carboxylic acids is 1. The predicted octanol–water partition coefficient (Wildman–Crippen LogP) is 6.80. The molecule has 0 unspecified atom stereocenters. The highest BCUT2D eigenvalue weighted by Gasteiger charge is 2.36. The SMILES string of the molecule is Cc1cc(F)cc(C)c1-c1cc([C@H](CC(=O)O)NC(=O)[C@H](CC(C)C)n2cc(CCN(C)C)c(C(F)(F)F)cc2=O)cc2c1CCC2. The van der Waals surface area contributed by atoms with Crippen LogP contribution in [0.15, 0.2) is 41.3 Å². The van der Waals surface area contributed by atoms with Crippen LogP contribution in [-0.2, 0) is 35.0 Å². The van der Waals surface area contributed by atoms with Crippen LogP contribution in [0.4, 0.5) is 17.6 Å². The predicted molar refractivity (Wildman–Crippen MR) is 173 cm³/mol. The minimum atomic E-state index is -4.76. The van der Waals surface area contributed by atoms with Crippen LogP contribution in [0.2, 0.25) is 0 Å². The number of likely N-dealkylation sites (N-methyl/N-ethyl adjacent to an activating group) is 1. The Balaban J connectivity index is 1.80. The molecular formula is C36H43F4N3O4. The first kappa shape index (κ1) is 35.9. The van der Waals surface area contributed by atoms with Crippen LogP contribution in [0.25, 0.3) is 11.1 Å². The summed E-state index contributed by atoms with van der Waals surface area (Å²) in [4.78, 5) is 41.1. The summed E-state index contributed by atoms with van der Waals surface area (Å²) in [6, 6.07) is 5.02. The summed E-state index contributed by atoms with van der Waals surface area (Å²) in [5.74, 6) is -2.31. The second-order valence-electron chi connectivity index (χ2n) is 13.3. The molecule has 7 nitrogen and oxygen atoms in total. The first-order valence-corrected chi connectivity index (χ1v) is 15.9. The number of hydrogen-bond donors (Lipinski definition) is 2.